The van der Waals surface area contributed by atoms with Crippen molar-refractivity contribution in [2.45, 2.75) is 19.8 Å². The van der Waals surface area contributed by atoms with Crippen molar-refractivity contribution in [1.29, 1.82) is 0 Å². The first-order chi connectivity index (χ1) is 15.5. The SMILES string of the molecule is Cc1sc(NC(=O)C2CCN(C(=O)/C=C/c3ccccc3)CC2)nc1-c1ccc(F)cc1. The molecule has 32 heavy (non-hydrogen) atoms. The number of nitrogens with one attached hydrogen (secondary N) is 1. The summed E-state index contributed by atoms with van der Waals surface area (Å²) in [5.74, 6) is -0.560. The van der Waals surface area contributed by atoms with Gasteiger partial charge in [0.2, 0.25) is 11.8 Å². The molecule has 5 nitrogen and oxygen atoms in total. The molecule has 3 aromatic rings. The first-order valence-corrected chi connectivity index (χ1v) is 11.4. The molecule has 2 heterocycles. The van der Waals surface area contributed by atoms with Crippen molar-refractivity contribution in [3.05, 3.63) is 76.9 Å². The minimum atomic E-state index is -0.296. The van der Waals surface area contributed by atoms with Crippen LogP contribution in [-0.4, -0.2) is 34.8 Å². The van der Waals surface area contributed by atoms with E-state index in [0.29, 0.717) is 31.1 Å². The van der Waals surface area contributed by atoms with E-state index in [1.54, 1.807) is 23.1 Å². The van der Waals surface area contributed by atoms with Crippen LogP contribution in [0, 0.1) is 18.7 Å². The molecule has 1 N–H and O–H groups in total. The predicted octanol–water partition coefficient (Wildman–Crippen LogP) is 5.15. The molecule has 0 spiro atoms. The maximum absolute atomic E-state index is 13.2. The van der Waals surface area contributed by atoms with E-state index >= 15 is 0 Å². The van der Waals surface area contributed by atoms with Crippen molar-refractivity contribution in [3.63, 3.8) is 0 Å². The Labute approximate surface area is 190 Å². The molecular formula is C25H24FN3O2S. The van der Waals surface area contributed by atoms with Gasteiger partial charge >= 0.3 is 0 Å². The maximum atomic E-state index is 13.2. The molecule has 2 amide bonds. The summed E-state index contributed by atoms with van der Waals surface area (Å²) in [5, 5.41) is 3.46. The number of hydrogen-bond acceptors (Lipinski definition) is 4. The van der Waals surface area contributed by atoms with Gasteiger partial charge < -0.3 is 10.2 Å². The van der Waals surface area contributed by atoms with Crippen molar-refractivity contribution >= 4 is 34.4 Å². The molecular weight excluding hydrogens is 425 g/mol. The van der Waals surface area contributed by atoms with E-state index in [1.807, 2.05) is 43.3 Å². The Hall–Kier alpha value is -3.32. The van der Waals surface area contributed by atoms with Gasteiger partial charge in [-0.3, -0.25) is 9.59 Å². The monoisotopic (exact) mass is 449 g/mol. The van der Waals surface area contributed by atoms with Crippen LogP contribution in [0.5, 0.6) is 0 Å². The quantitative estimate of drug-likeness (QED) is 0.548. The summed E-state index contributed by atoms with van der Waals surface area (Å²) >= 11 is 1.41. The summed E-state index contributed by atoms with van der Waals surface area (Å²) in [7, 11) is 0. The zero-order chi connectivity index (χ0) is 22.5. The highest BCUT2D eigenvalue weighted by molar-refractivity contribution is 7.16. The number of hydrogen-bond donors (Lipinski definition) is 1. The molecule has 0 unspecified atom stereocenters. The maximum Gasteiger partial charge on any atom is 0.246 e. The fraction of sp³-hybridized carbons (Fsp3) is 0.240. The lowest BCUT2D eigenvalue weighted by Gasteiger charge is -2.30. The smallest absolute Gasteiger partial charge is 0.246 e. The van der Waals surface area contributed by atoms with Gasteiger partial charge in [-0.25, -0.2) is 9.37 Å². The number of likely N-dealkylation sites (tertiary alicyclic amines) is 1. The molecule has 1 aliphatic heterocycles. The molecule has 0 atom stereocenters. The number of nitrogens with zero attached hydrogens (tertiary/aromatic N) is 2. The summed E-state index contributed by atoms with van der Waals surface area (Å²) in [5.41, 5.74) is 2.54. The highest BCUT2D eigenvalue weighted by Crippen LogP contribution is 2.31. The second kappa shape index (κ2) is 9.87. The van der Waals surface area contributed by atoms with E-state index in [2.05, 4.69) is 10.3 Å². The van der Waals surface area contributed by atoms with Gasteiger partial charge in [0.25, 0.3) is 0 Å². The lowest BCUT2D eigenvalue weighted by atomic mass is 9.96. The van der Waals surface area contributed by atoms with E-state index in [4.69, 9.17) is 0 Å². The summed E-state index contributed by atoms with van der Waals surface area (Å²) < 4.78 is 13.2. The minimum absolute atomic E-state index is 0.0350. The number of anilines is 1. The van der Waals surface area contributed by atoms with Gasteiger partial charge in [0, 0.05) is 35.5 Å². The van der Waals surface area contributed by atoms with Gasteiger partial charge in [-0.2, -0.15) is 0 Å². The molecule has 0 saturated carbocycles. The topological polar surface area (TPSA) is 62.3 Å². The molecule has 1 saturated heterocycles. The molecule has 2 aromatic carbocycles. The van der Waals surface area contributed by atoms with Crippen LogP contribution in [0.15, 0.2) is 60.7 Å². The summed E-state index contributed by atoms with van der Waals surface area (Å²) in [6, 6.07) is 15.9. The zero-order valence-corrected chi connectivity index (χ0v) is 18.6. The van der Waals surface area contributed by atoms with Crippen LogP contribution in [0.1, 0.15) is 23.3 Å². The molecule has 1 fully saturated rings. The highest BCUT2D eigenvalue weighted by atomic mass is 32.1. The summed E-state index contributed by atoms with van der Waals surface area (Å²) in [6.45, 7) is 3.03. The molecule has 0 aliphatic carbocycles. The van der Waals surface area contributed by atoms with Gasteiger partial charge in [0.05, 0.1) is 5.69 Å². The first-order valence-electron chi connectivity index (χ1n) is 10.6. The lowest BCUT2D eigenvalue weighted by molar-refractivity contribution is -0.130. The number of halogens is 1. The van der Waals surface area contributed by atoms with E-state index in [-0.39, 0.29) is 23.5 Å². The van der Waals surface area contributed by atoms with Crippen molar-refractivity contribution in [3.8, 4) is 11.3 Å². The van der Waals surface area contributed by atoms with Crippen LogP contribution >= 0.6 is 11.3 Å². The number of aromatic nitrogens is 1. The number of rotatable bonds is 5. The lowest BCUT2D eigenvalue weighted by Crippen LogP contribution is -2.40. The summed E-state index contributed by atoms with van der Waals surface area (Å²) in [4.78, 5) is 32.5. The van der Waals surface area contributed by atoms with E-state index in [0.717, 1.165) is 21.7 Å². The van der Waals surface area contributed by atoms with Crippen LogP contribution < -0.4 is 5.32 Å². The summed E-state index contributed by atoms with van der Waals surface area (Å²) in [6.07, 6.45) is 4.63. The zero-order valence-electron chi connectivity index (χ0n) is 17.8. The van der Waals surface area contributed by atoms with E-state index in [1.165, 1.54) is 23.5 Å². The molecule has 4 rings (SSSR count). The predicted molar refractivity (Wildman–Crippen MR) is 126 cm³/mol. The standard InChI is InChI=1S/C25H24FN3O2S/c1-17-23(19-8-10-21(26)11-9-19)27-25(32-17)28-24(31)20-13-15-29(16-14-20)22(30)12-7-18-5-3-2-4-6-18/h2-12,20H,13-16H2,1H3,(H,27,28,31)/b12-7+. The second-order valence-corrected chi connectivity index (χ2v) is 8.97. The third-order valence-electron chi connectivity index (χ3n) is 5.54. The number of benzene rings is 2. The van der Waals surface area contributed by atoms with Gasteiger partial charge in [0.1, 0.15) is 5.82 Å². The normalized spacial score (nSPS) is 14.6. The minimum Gasteiger partial charge on any atom is -0.339 e. The number of aryl methyl sites for hydroxylation is 1. The number of amides is 2. The van der Waals surface area contributed by atoms with Crippen LogP contribution in [0.3, 0.4) is 0 Å². The Bertz CT molecular complexity index is 1120. The Morgan fingerprint density at radius 2 is 1.78 bits per heavy atom. The molecule has 164 valence electrons. The number of carbonyl (C=O) groups is 2. The molecule has 7 heteroatoms. The molecule has 1 aliphatic rings. The Morgan fingerprint density at radius 1 is 1.09 bits per heavy atom. The van der Waals surface area contributed by atoms with Crippen LogP contribution in [0.25, 0.3) is 17.3 Å². The molecule has 0 radical (unpaired) electrons. The van der Waals surface area contributed by atoms with Crippen LogP contribution in [-0.2, 0) is 9.59 Å². The van der Waals surface area contributed by atoms with Gasteiger partial charge in [-0.15, -0.1) is 11.3 Å². The fourth-order valence-corrected chi connectivity index (χ4v) is 4.57. The Kier molecular flexibility index (Phi) is 6.75. The average molecular weight is 450 g/mol. The van der Waals surface area contributed by atoms with E-state index < -0.39 is 0 Å². The van der Waals surface area contributed by atoms with Crippen molar-refractivity contribution in [2.24, 2.45) is 5.92 Å². The number of piperidine rings is 1. The van der Waals surface area contributed by atoms with Crippen LogP contribution in [0.4, 0.5) is 9.52 Å². The third kappa shape index (κ3) is 5.29. The second-order valence-electron chi connectivity index (χ2n) is 7.76. The average Bonchev–Trinajstić information content (AvgIpc) is 3.18. The number of thiazole rings is 1. The Morgan fingerprint density at radius 3 is 2.47 bits per heavy atom. The third-order valence-corrected chi connectivity index (χ3v) is 6.43. The molecule has 0 bridgehead atoms. The number of carbonyl (C=O) groups excluding carboxylic acids is 2. The fourth-order valence-electron chi connectivity index (χ4n) is 3.73. The van der Waals surface area contributed by atoms with Crippen molar-refractivity contribution in [2.75, 3.05) is 18.4 Å². The van der Waals surface area contributed by atoms with Crippen molar-refractivity contribution in [1.82, 2.24) is 9.88 Å². The largest absolute Gasteiger partial charge is 0.339 e. The highest BCUT2D eigenvalue weighted by Gasteiger charge is 2.27. The van der Waals surface area contributed by atoms with Crippen molar-refractivity contribution < 1.29 is 14.0 Å². The van der Waals surface area contributed by atoms with Gasteiger partial charge in [-0.1, -0.05) is 30.3 Å². The van der Waals surface area contributed by atoms with Gasteiger partial charge in [-0.05, 0) is 55.7 Å². The molecule has 1 aromatic heterocycles. The first kappa shape index (κ1) is 21.9. The van der Waals surface area contributed by atoms with Crippen LogP contribution in [0.2, 0.25) is 0 Å². The Balaban J connectivity index is 1.31. The van der Waals surface area contributed by atoms with Gasteiger partial charge in [0.15, 0.2) is 5.13 Å². The van der Waals surface area contributed by atoms with E-state index in [9.17, 15) is 14.0 Å².